The summed E-state index contributed by atoms with van der Waals surface area (Å²) < 4.78 is 11.2. The summed E-state index contributed by atoms with van der Waals surface area (Å²) in [6.07, 6.45) is 12.4. The van der Waals surface area contributed by atoms with Crippen molar-refractivity contribution in [3.05, 3.63) is 0 Å². The number of hydrogen-bond acceptors (Lipinski definition) is 3. The van der Waals surface area contributed by atoms with Crippen LogP contribution in [0.25, 0.3) is 0 Å². The van der Waals surface area contributed by atoms with E-state index in [1.54, 1.807) is 0 Å². The van der Waals surface area contributed by atoms with Gasteiger partial charge in [0.2, 0.25) is 0 Å². The number of nitrogens with two attached hydrogens (primary N) is 1. The van der Waals surface area contributed by atoms with Crippen LogP contribution in [0.4, 0.5) is 0 Å². The average Bonchev–Trinajstić information content (AvgIpc) is 3.05. The second-order valence-electron chi connectivity index (χ2n) is 7.98. The summed E-state index contributed by atoms with van der Waals surface area (Å²) in [5, 5.41) is 9.44. The minimum absolute atomic E-state index is 0.0269. The van der Waals surface area contributed by atoms with Gasteiger partial charge in [-0.25, -0.2) is 0 Å². The minimum atomic E-state index is -2.77. The van der Waals surface area contributed by atoms with Gasteiger partial charge in [-0.3, -0.25) is 9.36 Å². The van der Waals surface area contributed by atoms with E-state index >= 15 is 0 Å². The molecule has 2 aliphatic carbocycles. The molecule has 2 saturated carbocycles. The number of aliphatic carboxylic acids is 1. The van der Waals surface area contributed by atoms with E-state index in [0.29, 0.717) is 18.3 Å². The Bertz CT molecular complexity index is 419. The third kappa shape index (κ3) is 6.16. The van der Waals surface area contributed by atoms with E-state index in [4.69, 9.17) is 5.73 Å². The van der Waals surface area contributed by atoms with E-state index in [1.165, 1.54) is 44.9 Å². The molecule has 0 aliphatic heterocycles. The first-order chi connectivity index (χ1) is 11.5. The highest BCUT2D eigenvalue weighted by atomic mass is 31.1. The monoisotopic (exact) mass is 359 g/mol. The number of hydrogen-bond donors (Lipinski definition) is 3. The zero-order valence-corrected chi connectivity index (χ0v) is 15.7. The molecule has 2 fully saturated rings. The van der Waals surface area contributed by atoms with Crippen LogP contribution in [0.15, 0.2) is 0 Å². The maximum Gasteiger partial charge on any atom is 0.307 e. The van der Waals surface area contributed by atoms with Gasteiger partial charge < -0.3 is 15.7 Å². The van der Waals surface area contributed by atoms with Gasteiger partial charge in [0.15, 0.2) is 8.03 Å². The second-order valence-corrected chi connectivity index (χ2v) is 9.18. The first kappa shape index (κ1) is 19.9. The number of carboxylic acid groups (broad SMARTS) is 1. The Morgan fingerprint density at radius 3 is 2.21 bits per heavy atom. The van der Waals surface area contributed by atoms with E-state index in [0.717, 1.165) is 19.3 Å². The normalized spacial score (nSPS) is 25.2. The van der Waals surface area contributed by atoms with Crippen molar-refractivity contribution in [2.24, 2.45) is 29.4 Å². The fourth-order valence-electron chi connectivity index (χ4n) is 4.90. The summed E-state index contributed by atoms with van der Waals surface area (Å²) in [4.78, 5) is 20.7. The highest BCUT2D eigenvalue weighted by Crippen LogP contribution is 2.40. The summed E-state index contributed by atoms with van der Waals surface area (Å²) >= 11 is 0. The Kier molecular flexibility index (Phi) is 8.25. The lowest BCUT2D eigenvalue weighted by Gasteiger charge is -2.34. The number of carboxylic acids is 1. The minimum Gasteiger partial charge on any atom is -0.481 e. The van der Waals surface area contributed by atoms with Crippen LogP contribution in [-0.4, -0.2) is 28.2 Å². The summed E-state index contributed by atoms with van der Waals surface area (Å²) in [5.41, 5.74) is 6.58. The molecule has 4 N–H and O–H groups in total. The zero-order chi connectivity index (χ0) is 17.5. The smallest absolute Gasteiger partial charge is 0.307 e. The molecule has 4 unspecified atom stereocenters. The van der Waals surface area contributed by atoms with Gasteiger partial charge in [-0.05, 0) is 30.6 Å². The van der Waals surface area contributed by atoms with Crippen molar-refractivity contribution in [3.63, 3.8) is 0 Å². The maximum absolute atomic E-state index is 11.5. The maximum atomic E-state index is 11.5. The number of carbonyl (C=O) groups is 1. The van der Waals surface area contributed by atoms with Gasteiger partial charge in [0, 0.05) is 12.2 Å². The molecule has 140 valence electrons. The molecule has 5 nitrogen and oxygen atoms in total. The van der Waals surface area contributed by atoms with Gasteiger partial charge in [0.1, 0.15) is 0 Å². The Morgan fingerprint density at radius 1 is 1.08 bits per heavy atom. The fourth-order valence-corrected chi connectivity index (χ4v) is 5.66. The van der Waals surface area contributed by atoms with Gasteiger partial charge >= 0.3 is 5.97 Å². The van der Waals surface area contributed by atoms with Crippen molar-refractivity contribution in [1.29, 1.82) is 0 Å². The molecule has 2 rings (SSSR count). The second kappa shape index (κ2) is 9.94. The lowest BCUT2D eigenvalue weighted by molar-refractivity contribution is -0.141. The standard InChI is InChI=1S/C18H34NO4P/c19-17(10-13-6-2-1-3-7-13)16(14-8-4-5-9-14)11-15(18(20)21)12-24(22)23/h13-17,24H,1-12,19H2,(H,20,21)(H,22,23). The Morgan fingerprint density at radius 2 is 1.67 bits per heavy atom. The van der Waals surface area contributed by atoms with Crippen molar-refractivity contribution in [1.82, 2.24) is 0 Å². The van der Waals surface area contributed by atoms with Crippen LogP contribution in [0.5, 0.6) is 0 Å². The molecular formula is C18H34NO4P. The van der Waals surface area contributed by atoms with E-state index < -0.39 is 19.9 Å². The first-order valence-corrected chi connectivity index (χ1v) is 11.2. The van der Waals surface area contributed by atoms with Gasteiger partial charge in [-0.15, -0.1) is 0 Å². The van der Waals surface area contributed by atoms with Gasteiger partial charge in [-0.2, -0.15) is 0 Å². The fraction of sp³-hybridized carbons (Fsp3) is 0.944. The molecule has 0 bridgehead atoms. The predicted molar refractivity (Wildman–Crippen MR) is 96.4 cm³/mol. The van der Waals surface area contributed by atoms with Crippen molar-refractivity contribution < 1.29 is 19.4 Å². The molecule has 2 aliphatic rings. The molecule has 6 heteroatoms. The van der Waals surface area contributed by atoms with Crippen molar-refractivity contribution in [2.45, 2.75) is 76.7 Å². The van der Waals surface area contributed by atoms with E-state index in [2.05, 4.69) is 0 Å². The SMILES string of the molecule is NC(CC1CCCCC1)C(CC(C[PH](=O)O)C(=O)O)C1CCCC1. The van der Waals surface area contributed by atoms with Crippen molar-refractivity contribution in [3.8, 4) is 0 Å². The Labute approximate surface area is 146 Å². The topological polar surface area (TPSA) is 101 Å². The molecule has 0 heterocycles. The lowest BCUT2D eigenvalue weighted by Crippen LogP contribution is -2.39. The summed E-state index contributed by atoms with van der Waals surface area (Å²) in [7, 11) is -2.77. The highest BCUT2D eigenvalue weighted by Gasteiger charge is 2.35. The Balaban J connectivity index is 2.01. The molecule has 0 aromatic heterocycles. The highest BCUT2D eigenvalue weighted by molar-refractivity contribution is 7.38. The molecular weight excluding hydrogens is 325 g/mol. The zero-order valence-electron chi connectivity index (χ0n) is 14.7. The van der Waals surface area contributed by atoms with Crippen LogP contribution in [0.3, 0.4) is 0 Å². The molecule has 24 heavy (non-hydrogen) atoms. The summed E-state index contributed by atoms with van der Waals surface area (Å²) in [6.45, 7) is 0. The van der Waals surface area contributed by atoms with Crippen molar-refractivity contribution >= 4 is 14.0 Å². The lowest BCUT2D eigenvalue weighted by atomic mass is 9.74. The van der Waals surface area contributed by atoms with Gasteiger partial charge in [0.25, 0.3) is 0 Å². The van der Waals surface area contributed by atoms with Crippen molar-refractivity contribution in [2.75, 3.05) is 6.16 Å². The van der Waals surface area contributed by atoms with Crippen LogP contribution < -0.4 is 5.73 Å². The molecule has 4 atom stereocenters. The average molecular weight is 359 g/mol. The summed E-state index contributed by atoms with van der Waals surface area (Å²) in [5.74, 6) is -0.333. The molecule has 0 aromatic rings. The van der Waals surface area contributed by atoms with E-state index in [-0.39, 0.29) is 18.1 Å². The summed E-state index contributed by atoms with van der Waals surface area (Å²) in [6, 6.07) is 0.0269. The van der Waals surface area contributed by atoms with E-state index in [1.807, 2.05) is 0 Å². The van der Waals surface area contributed by atoms with Crippen LogP contribution in [0.1, 0.15) is 70.6 Å². The van der Waals surface area contributed by atoms with Crippen LogP contribution in [-0.2, 0) is 9.36 Å². The van der Waals surface area contributed by atoms with Crippen LogP contribution >= 0.6 is 8.03 Å². The largest absolute Gasteiger partial charge is 0.481 e. The molecule has 0 amide bonds. The Hall–Kier alpha value is -0.380. The molecule has 0 radical (unpaired) electrons. The quantitative estimate of drug-likeness (QED) is 0.546. The van der Waals surface area contributed by atoms with Crippen LogP contribution in [0, 0.1) is 23.7 Å². The molecule has 0 spiro atoms. The molecule has 0 aromatic carbocycles. The molecule has 0 saturated heterocycles. The first-order valence-electron chi connectivity index (χ1n) is 9.67. The van der Waals surface area contributed by atoms with Gasteiger partial charge in [-0.1, -0.05) is 57.8 Å². The third-order valence-corrected chi connectivity index (χ3v) is 7.05. The van der Waals surface area contributed by atoms with Crippen LogP contribution in [0.2, 0.25) is 0 Å². The predicted octanol–water partition coefficient (Wildman–Crippen LogP) is 3.65. The van der Waals surface area contributed by atoms with Gasteiger partial charge in [0.05, 0.1) is 5.92 Å². The van der Waals surface area contributed by atoms with E-state index in [9.17, 15) is 19.4 Å². The number of rotatable bonds is 9. The third-order valence-electron chi connectivity index (χ3n) is 6.21.